The molecule has 22 heavy (non-hydrogen) atoms. The highest BCUT2D eigenvalue weighted by Gasteiger charge is 2.22. The number of hydrogen-bond donors (Lipinski definition) is 0. The van der Waals surface area contributed by atoms with Gasteiger partial charge in [-0.2, -0.15) is 0 Å². The number of likely N-dealkylation sites (N-methyl/N-ethyl adjacent to an activating group) is 1. The predicted octanol–water partition coefficient (Wildman–Crippen LogP) is 3.16. The van der Waals surface area contributed by atoms with Crippen LogP contribution >= 0.6 is 11.6 Å². The minimum atomic E-state index is -0.0542. The average Bonchev–Trinajstić information content (AvgIpc) is 2.65. The molecular formula is C17H15ClN2O2. The Balaban J connectivity index is 2.20. The van der Waals surface area contributed by atoms with Crippen molar-refractivity contribution in [3.8, 4) is 5.75 Å². The monoisotopic (exact) mass is 314 g/mol. The molecule has 1 aliphatic heterocycles. The highest BCUT2D eigenvalue weighted by molar-refractivity contribution is 6.32. The summed E-state index contributed by atoms with van der Waals surface area (Å²) in [5.41, 5.74) is 3.28. The molecule has 0 aliphatic carbocycles. The van der Waals surface area contributed by atoms with Gasteiger partial charge in [-0.3, -0.25) is 9.79 Å². The number of amides is 1. The molecule has 2 aromatic carbocycles. The fourth-order valence-electron chi connectivity index (χ4n) is 2.48. The van der Waals surface area contributed by atoms with Crippen molar-refractivity contribution < 1.29 is 9.53 Å². The summed E-state index contributed by atoms with van der Waals surface area (Å²) >= 11 is 6.14. The summed E-state index contributed by atoms with van der Waals surface area (Å²) in [5.74, 6) is 0.689. The molecular weight excluding hydrogens is 300 g/mol. The van der Waals surface area contributed by atoms with E-state index in [-0.39, 0.29) is 12.5 Å². The van der Waals surface area contributed by atoms with Crippen LogP contribution in [-0.4, -0.2) is 32.3 Å². The molecule has 0 atom stereocenters. The third-order valence-electron chi connectivity index (χ3n) is 3.66. The van der Waals surface area contributed by atoms with Crippen molar-refractivity contribution in [2.45, 2.75) is 0 Å². The van der Waals surface area contributed by atoms with Crippen molar-refractivity contribution in [3.63, 3.8) is 0 Å². The quantitative estimate of drug-likeness (QED) is 0.854. The minimum absolute atomic E-state index is 0.0542. The molecule has 1 aliphatic rings. The lowest BCUT2D eigenvalue weighted by Gasteiger charge is -2.18. The Bertz CT molecular complexity index is 771. The zero-order valence-corrected chi connectivity index (χ0v) is 13.1. The second kappa shape index (κ2) is 5.81. The maximum Gasteiger partial charge on any atom is 0.248 e. The number of aliphatic imine (C=N–C) groups is 1. The number of anilines is 1. The van der Waals surface area contributed by atoms with Crippen molar-refractivity contribution in [3.05, 3.63) is 58.6 Å². The first-order chi connectivity index (χ1) is 10.6. The number of hydrogen-bond acceptors (Lipinski definition) is 3. The van der Waals surface area contributed by atoms with E-state index >= 15 is 0 Å². The number of fused-ring (bicyclic) bond motifs is 1. The molecule has 0 saturated heterocycles. The van der Waals surface area contributed by atoms with Gasteiger partial charge in [0.25, 0.3) is 0 Å². The normalized spacial score (nSPS) is 14.2. The van der Waals surface area contributed by atoms with Gasteiger partial charge in [0.05, 0.1) is 18.5 Å². The van der Waals surface area contributed by atoms with Crippen LogP contribution in [0.5, 0.6) is 5.75 Å². The number of benzodiazepines with no additional fused rings is 1. The van der Waals surface area contributed by atoms with E-state index in [9.17, 15) is 4.79 Å². The molecule has 0 unspecified atom stereocenters. The number of nitrogens with zero attached hydrogens (tertiary/aromatic N) is 2. The summed E-state index contributed by atoms with van der Waals surface area (Å²) in [4.78, 5) is 18.2. The van der Waals surface area contributed by atoms with Gasteiger partial charge in [0.2, 0.25) is 5.91 Å². The Morgan fingerprint density at radius 1 is 1.23 bits per heavy atom. The molecule has 0 spiro atoms. The van der Waals surface area contributed by atoms with Crippen LogP contribution < -0.4 is 9.64 Å². The Kier molecular flexibility index (Phi) is 3.86. The van der Waals surface area contributed by atoms with Crippen LogP contribution in [-0.2, 0) is 4.79 Å². The summed E-state index contributed by atoms with van der Waals surface area (Å²) in [7, 11) is 3.37. The number of benzene rings is 2. The molecule has 112 valence electrons. The van der Waals surface area contributed by atoms with Crippen molar-refractivity contribution in [1.29, 1.82) is 0 Å². The van der Waals surface area contributed by atoms with E-state index in [1.807, 2.05) is 36.4 Å². The molecule has 0 aromatic heterocycles. The molecule has 0 N–H and O–H groups in total. The van der Waals surface area contributed by atoms with Crippen molar-refractivity contribution in [2.24, 2.45) is 4.99 Å². The number of rotatable bonds is 2. The fraction of sp³-hybridized carbons (Fsp3) is 0.176. The second-order valence-corrected chi connectivity index (χ2v) is 5.45. The maximum atomic E-state index is 12.1. The fourth-order valence-corrected chi connectivity index (χ4v) is 2.65. The Labute approximate surface area is 134 Å². The van der Waals surface area contributed by atoms with Crippen LogP contribution in [0.15, 0.2) is 47.5 Å². The van der Waals surface area contributed by atoms with E-state index in [4.69, 9.17) is 16.3 Å². The highest BCUT2D eigenvalue weighted by atomic mass is 35.5. The number of carbonyl (C=O) groups is 1. The van der Waals surface area contributed by atoms with Gasteiger partial charge in [0.1, 0.15) is 12.3 Å². The molecule has 0 bridgehead atoms. The highest BCUT2D eigenvalue weighted by Crippen LogP contribution is 2.29. The largest absolute Gasteiger partial charge is 0.497 e. The van der Waals surface area contributed by atoms with E-state index in [0.717, 1.165) is 28.3 Å². The van der Waals surface area contributed by atoms with Crippen LogP contribution in [0.4, 0.5) is 5.69 Å². The summed E-state index contributed by atoms with van der Waals surface area (Å²) in [6, 6.07) is 13.1. The van der Waals surface area contributed by atoms with Crippen LogP contribution in [0, 0.1) is 0 Å². The van der Waals surface area contributed by atoms with Crippen molar-refractivity contribution in [2.75, 3.05) is 25.6 Å². The summed E-state index contributed by atoms with van der Waals surface area (Å²) < 4.78 is 5.27. The Hall–Kier alpha value is -2.33. The van der Waals surface area contributed by atoms with Crippen LogP contribution in [0.1, 0.15) is 11.1 Å². The molecule has 4 nitrogen and oxygen atoms in total. The van der Waals surface area contributed by atoms with Gasteiger partial charge in [-0.1, -0.05) is 23.7 Å². The van der Waals surface area contributed by atoms with Crippen molar-refractivity contribution >= 4 is 28.9 Å². The third kappa shape index (κ3) is 2.57. The topological polar surface area (TPSA) is 41.9 Å². The van der Waals surface area contributed by atoms with E-state index in [0.29, 0.717) is 5.02 Å². The standard InChI is InChI=1S/C17H15ClN2O2/c1-20-15-7-6-12(18)9-14(15)17(19-10-16(20)21)11-4-3-5-13(8-11)22-2/h3-9H,10H2,1-2H3. The first kappa shape index (κ1) is 14.6. The SMILES string of the molecule is COc1cccc(C2=NCC(=O)N(C)c3ccc(Cl)cc32)c1. The average molecular weight is 315 g/mol. The van der Waals surface area contributed by atoms with Crippen LogP contribution in [0.3, 0.4) is 0 Å². The first-order valence-electron chi connectivity index (χ1n) is 6.85. The van der Waals surface area contributed by atoms with Gasteiger partial charge >= 0.3 is 0 Å². The third-order valence-corrected chi connectivity index (χ3v) is 3.90. The van der Waals surface area contributed by atoms with Crippen LogP contribution in [0.25, 0.3) is 0 Å². The molecule has 3 rings (SSSR count). The molecule has 0 saturated carbocycles. The molecule has 0 radical (unpaired) electrons. The Morgan fingerprint density at radius 2 is 2.05 bits per heavy atom. The van der Waals surface area contributed by atoms with Gasteiger partial charge in [-0.05, 0) is 30.3 Å². The Morgan fingerprint density at radius 3 is 2.82 bits per heavy atom. The lowest BCUT2D eigenvalue weighted by Crippen LogP contribution is -2.27. The maximum absolute atomic E-state index is 12.1. The van der Waals surface area contributed by atoms with Crippen LogP contribution in [0.2, 0.25) is 5.02 Å². The van der Waals surface area contributed by atoms with Gasteiger partial charge in [-0.25, -0.2) is 0 Å². The number of ether oxygens (including phenoxy) is 1. The van der Waals surface area contributed by atoms with Crippen molar-refractivity contribution in [1.82, 2.24) is 0 Å². The number of carbonyl (C=O) groups excluding carboxylic acids is 1. The predicted molar refractivity (Wildman–Crippen MR) is 88.4 cm³/mol. The van der Waals surface area contributed by atoms with Gasteiger partial charge < -0.3 is 9.64 Å². The molecule has 5 heteroatoms. The molecule has 1 heterocycles. The summed E-state index contributed by atoms with van der Waals surface area (Å²) in [6.07, 6.45) is 0. The van der Waals surface area contributed by atoms with E-state index in [2.05, 4.69) is 4.99 Å². The van der Waals surface area contributed by atoms with E-state index in [1.165, 1.54) is 0 Å². The first-order valence-corrected chi connectivity index (χ1v) is 7.23. The lowest BCUT2D eigenvalue weighted by molar-refractivity contribution is -0.116. The van der Waals surface area contributed by atoms with Gasteiger partial charge in [0, 0.05) is 23.2 Å². The summed E-state index contributed by atoms with van der Waals surface area (Å²) in [5, 5.41) is 0.608. The second-order valence-electron chi connectivity index (χ2n) is 5.01. The van der Waals surface area contributed by atoms with E-state index < -0.39 is 0 Å². The lowest BCUT2D eigenvalue weighted by atomic mass is 10.00. The molecule has 1 amide bonds. The zero-order chi connectivity index (χ0) is 15.7. The van der Waals surface area contributed by atoms with E-state index in [1.54, 1.807) is 25.1 Å². The number of halogens is 1. The smallest absolute Gasteiger partial charge is 0.248 e. The summed E-state index contributed by atoms with van der Waals surface area (Å²) in [6.45, 7) is 0.106. The minimum Gasteiger partial charge on any atom is -0.497 e. The number of methoxy groups -OCH3 is 1. The molecule has 0 fully saturated rings. The van der Waals surface area contributed by atoms with Gasteiger partial charge in [-0.15, -0.1) is 0 Å². The van der Waals surface area contributed by atoms with Gasteiger partial charge in [0.15, 0.2) is 0 Å². The molecule has 2 aromatic rings. The zero-order valence-electron chi connectivity index (χ0n) is 12.3.